The van der Waals surface area contributed by atoms with Gasteiger partial charge in [0.2, 0.25) is 5.91 Å². The summed E-state index contributed by atoms with van der Waals surface area (Å²) in [7, 11) is 0. The van der Waals surface area contributed by atoms with Crippen LogP contribution in [0.3, 0.4) is 0 Å². The maximum absolute atomic E-state index is 12.5. The molecule has 0 spiro atoms. The summed E-state index contributed by atoms with van der Waals surface area (Å²) in [5.74, 6) is 0.117. The van der Waals surface area contributed by atoms with Crippen molar-refractivity contribution in [3.8, 4) is 6.07 Å². The number of nitriles is 1. The zero-order valence-electron chi connectivity index (χ0n) is 11.3. The van der Waals surface area contributed by atoms with Crippen LogP contribution in [0.4, 0.5) is 0 Å². The first-order valence-corrected chi connectivity index (χ1v) is 7.99. The molecular weight excluding hydrogens is 272 g/mol. The molecule has 3 rings (SSSR count). The Balaban J connectivity index is 1.63. The van der Waals surface area contributed by atoms with E-state index in [4.69, 9.17) is 4.74 Å². The predicted octanol–water partition coefficient (Wildman–Crippen LogP) is 2.59. The molecule has 0 bridgehead atoms. The van der Waals surface area contributed by atoms with Gasteiger partial charge in [-0.05, 0) is 23.8 Å². The SMILES string of the molecule is N#CC(CC1CC1)C(=O)N1CCOC(c2cccs2)C1. The minimum absolute atomic E-state index is 0.00995. The van der Waals surface area contributed by atoms with Crippen LogP contribution in [0.2, 0.25) is 0 Å². The number of ether oxygens (including phenoxy) is 1. The molecule has 1 aliphatic carbocycles. The van der Waals surface area contributed by atoms with Gasteiger partial charge in [0, 0.05) is 11.4 Å². The van der Waals surface area contributed by atoms with Gasteiger partial charge in [0.25, 0.3) is 0 Å². The highest BCUT2D eigenvalue weighted by molar-refractivity contribution is 7.10. The molecule has 0 aromatic carbocycles. The number of morpholine rings is 1. The highest BCUT2D eigenvalue weighted by atomic mass is 32.1. The fourth-order valence-corrected chi connectivity index (χ4v) is 3.38. The Bertz CT molecular complexity index is 504. The number of thiophene rings is 1. The van der Waals surface area contributed by atoms with E-state index in [0.29, 0.717) is 25.6 Å². The van der Waals surface area contributed by atoms with E-state index in [0.717, 1.165) is 11.3 Å². The van der Waals surface area contributed by atoms with Gasteiger partial charge in [0.15, 0.2) is 0 Å². The van der Waals surface area contributed by atoms with Gasteiger partial charge in [0.05, 0.1) is 19.2 Å². The smallest absolute Gasteiger partial charge is 0.240 e. The average Bonchev–Trinajstić information content (AvgIpc) is 3.14. The lowest BCUT2D eigenvalue weighted by Crippen LogP contribution is -2.44. The molecule has 1 aromatic rings. The number of carbonyl (C=O) groups excluding carboxylic acids is 1. The van der Waals surface area contributed by atoms with Gasteiger partial charge in [0.1, 0.15) is 12.0 Å². The highest BCUT2D eigenvalue weighted by Crippen LogP contribution is 2.36. The van der Waals surface area contributed by atoms with Crippen LogP contribution in [0.15, 0.2) is 17.5 Å². The van der Waals surface area contributed by atoms with E-state index < -0.39 is 5.92 Å². The Morgan fingerprint density at radius 3 is 3.10 bits per heavy atom. The molecule has 2 fully saturated rings. The van der Waals surface area contributed by atoms with E-state index >= 15 is 0 Å². The average molecular weight is 290 g/mol. The fraction of sp³-hybridized carbons (Fsp3) is 0.600. The molecule has 1 aliphatic heterocycles. The fourth-order valence-electron chi connectivity index (χ4n) is 2.61. The second kappa shape index (κ2) is 5.94. The molecule has 1 saturated carbocycles. The van der Waals surface area contributed by atoms with Crippen molar-refractivity contribution in [3.63, 3.8) is 0 Å². The zero-order chi connectivity index (χ0) is 13.9. The first-order valence-electron chi connectivity index (χ1n) is 7.11. The summed E-state index contributed by atoms with van der Waals surface area (Å²) in [5.41, 5.74) is 0. The highest BCUT2D eigenvalue weighted by Gasteiger charge is 2.34. The lowest BCUT2D eigenvalue weighted by Gasteiger charge is -2.33. The van der Waals surface area contributed by atoms with Crippen LogP contribution in [0.1, 0.15) is 30.2 Å². The van der Waals surface area contributed by atoms with Crippen molar-refractivity contribution in [2.24, 2.45) is 11.8 Å². The Kier molecular flexibility index (Phi) is 4.04. The number of carbonyl (C=O) groups is 1. The van der Waals surface area contributed by atoms with Crippen LogP contribution in [0, 0.1) is 23.2 Å². The summed E-state index contributed by atoms with van der Waals surface area (Å²) in [6.07, 6.45) is 3.04. The number of nitrogens with zero attached hydrogens (tertiary/aromatic N) is 2. The second-order valence-corrected chi connectivity index (χ2v) is 6.50. The summed E-state index contributed by atoms with van der Waals surface area (Å²) >= 11 is 1.65. The minimum Gasteiger partial charge on any atom is -0.369 e. The van der Waals surface area contributed by atoms with Gasteiger partial charge >= 0.3 is 0 Å². The van der Waals surface area contributed by atoms with Crippen molar-refractivity contribution in [1.29, 1.82) is 5.26 Å². The molecule has 1 amide bonds. The molecule has 5 heteroatoms. The first-order chi connectivity index (χ1) is 9.78. The van der Waals surface area contributed by atoms with Gasteiger partial charge in [-0.25, -0.2) is 0 Å². The van der Waals surface area contributed by atoms with Crippen molar-refractivity contribution >= 4 is 17.2 Å². The van der Waals surface area contributed by atoms with E-state index in [1.54, 1.807) is 11.3 Å². The van der Waals surface area contributed by atoms with Crippen LogP contribution in [0.5, 0.6) is 0 Å². The molecular formula is C15H18N2O2S. The van der Waals surface area contributed by atoms with Gasteiger partial charge in [-0.1, -0.05) is 18.9 Å². The molecule has 0 radical (unpaired) electrons. The Hall–Kier alpha value is -1.38. The quantitative estimate of drug-likeness (QED) is 0.856. The third-order valence-corrected chi connectivity index (χ3v) is 4.92. The maximum Gasteiger partial charge on any atom is 0.240 e. The molecule has 2 atom stereocenters. The van der Waals surface area contributed by atoms with Crippen molar-refractivity contribution < 1.29 is 9.53 Å². The minimum atomic E-state index is -0.468. The lowest BCUT2D eigenvalue weighted by molar-refractivity contribution is -0.141. The topological polar surface area (TPSA) is 53.3 Å². The zero-order valence-corrected chi connectivity index (χ0v) is 12.1. The largest absolute Gasteiger partial charge is 0.369 e. The van der Waals surface area contributed by atoms with Crippen molar-refractivity contribution in [2.75, 3.05) is 19.7 Å². The molecule has 1 saturated heterocycles. The molecule has 106 valence electrons. The first kappa shape index (κ1) is 13.6. The standard InChI is InChI=1S/C15H18N2O2S/c16-9-12(8-11-3-4-11)15(18)17-5-6-19-13(10-17)14-2-1-7-20-14/h1-2,7,11-13H,3-6,8,10H2. The Morgan fingerprint density at radius 2 is 2.45 bits per heavy atom. The predicted molar refractivity (Wildman–Crippen MR) is 76.0 cm³/mol. The van der Waals surface area contributed by atoms with Crippen LogP contribution >= 0.6 is 11.3 Å². The monoisotopic (exact) mass is 290 g/mol. The summed E-state index contributed by atoms with van der Waals surface area (Å²) in [5, 5.41) is 11.2. The van der Waals surface area contributed by atoms with E-state index in [-0.39, 0.29) is 12.0 Å². The van der Waals surface area contributed by atoms with E-state index in [1.165, 1.54) is 12.8 Å². The van der Waals surface area contributed by atoms with E-state index in [1.807, 2.05) is 22.4 Å². The number of hydrogen-bond donors (Lipinski definition) is 0. The van der Waals surface area contributed by atoms with Crippen LogP contribution in [0.25, 0.3) is 0 Å². The molecule has 0 N–H and O–H groups in total. The summed E-state index contributed by atoms with van der Waals surface area (Å²) in [4.78, 5) is 15.4. The molecule has 2 unspecified atom stereocenters. The van der Waals surface area contributed by atoms with Crippen molar-refractivity contribution in [2.45, 2.75) is 25.4 Å². The number of amides is 1. The molecule has 1 aromatic heterocycles. The normalized spacial score (nSPS) is 24.1. The lowest BCUT2D eigenvalue weighted by atomic mass is 10.0. The summed E-state index contributed by atoms with van der Waals surface area (Å²) in [6, 6.07) is 6.22. The summed E-state index contributed by atoms with van der Waals surface area (Å²) in [6.45, 7) is 1.72. The van der Waals surface area contributed by atoms with Crippen LogP contribution in [-0.2, 0) is 9.53 Å². The second-order valence-electron chi connectivity index (χ2n) is 5.52. The Morgan fingerprint density at radius 1 is 1.60 bits per heavy atom. The van der Waals surface area contributed by atoms with Crippen molar-refractivity contribution in [3.05, 3.63) is 22.4 Å². The van der Waals surface area contributed by atoms with Crippen LogP contribution < -0.4 is 0 Å². The van der Waals surface area contributed by atoms with Crippen LogP contribution in [-0.4, -0.2) is 30.5 Å². The molecule has 4 nitrogen and oxygen atoms in total. The van der Waals surface area contributed by atoms with Gasteiger partial charge in [-0.3, -0.25) is 4.79 Å². The third-order valence-electron chi connectivity index (χ3n) is 3.96. The molecule has 2 heterocycles. The van der Waals surface area contributed by atoms with Gasteiger partial charge < -0.3 is 9.64 Å². The number of rotatable bonds is 4. The van der Waals surface area contributed by atoms with Gasteiger partial charge in [-0.15, -0.1) is 11.3 Å². The van der Waals surface area contributed by atoms with E-state index in [9.17, 15) is 10.1 Å². The third kappa shape index (κ3) is 3.02. The summed E-state index contributed by atoms with van der Waals surface area (Å²) < 4.78 is 5.74. The van der Waals surface area contributed by atoms with Crippen molar-refractivity contribution in [1.82, 2.24) is 4.90 Å². The molecule has 2 aliphatic rings. The van der Waals surface area contributed by atoms with E-state index in [2.05, 4.69) is 6.07 Å². The molecule has 20 heavy (non-hydrogen) atoms. The van der Waals surface area contributed by atoms with Gasteiger partial charge in [-0.2, -0.15) is 5.26 Å². The Labute approximate surface area is 123 Å². The number of hydrogen-bond acceptors (Lipinski definition) is 4. The maximum atomic E-state index is 12.5.